The molecule has 0 unspecified atom stereocenters. The number of carbonyl (C=O) groups excluding carboxylic acids is 1. The van der Waals surface area contributed by atoms with E-state index in [2.05, 4.69) is 4.98 Å². The summed E-state index contributed by atoms with van der Waals surface area (Å²) < 4.78 is 0. The summed E-state index contributed by atoms with van der Waals surface area (Å²) in [6, 6.07) is 11.9. The Labute approximate surface area is 189 Å². The fourth-order valence-corrected chi connectivity index (χ4v) is 4.37. The number of carbonyl (C=O) groups is 1. The lowest BCUT2D eigenvalue weighted by molar-refractivity contribution is -0.384. The van der Waals surface area contributed by atoms with Crippen LogP contribution in [0.25, 0.3) is 11.3 Å². The number of nitrogens with one attached hydrogen (secondary N) is 1. The molecule has 9 heteroatoms. The molecule has 0 aliphatic carbocycles. The summed E-state index contributed by atoms with van der Waals surface area (Å²) in [5, 5.41) is 11.8. The molecule has 0 bridgehead atoms. The van der Waals surface area contributed by atoms with Crippen molar-refractivity contribution in [2.24, 2.45) is 0 Å². The number of rotatable bonds is 4. The first-order valence-electron chi connectivity index (χ1n) is 9.78. The van der Waals surface area contributed by atoms with Crippen LogP contribution in [0.1, 0.15) is 15.9 Å². The summed E-state index contributed by atoms with van der Waals surface area (Å²) in [5.41, 5.74) is 3.67. The quantitative estimate of drug-likeness (QED) is 0.431. The molecule has 3 aromatic rings. The molecule has 0 atom stereocenters. The molecule has 1 aliphatic rings. The summed E-state index contributed by atoms with van der Waals surface area (Å²) in [6.45, 7) is 4.08. The van der Waals surface area contributed by atoms with Gasteiger partial charge < -0.3 is 14.8 Å². The molecule has 31 heavy (non-hydrogen) atoms. The van der Waals surface area contributed by atoms with Crippen molar-refractivity contribution in [1.82, 2.24) is 9.88 Å². The topological polar surface area (TPSA) is 82.5 Å². The molecule has 0 radical (unpaired) electrons. The number of aryl methyl sites for hydroxylation is 1. The molecule has 1 saturated heterocycles. The predicted molar refractivity (Wildman–Crippen MR) is 122 cm³/mol. The van der Waals surface area contributed by atoms with Crippen LogP contribution < -0.4 is 4.90 Å². The van der Waals surface area contributed by atoms with Gasteiger partial charge in [0, 0.05) is 55.1 Å². The molecule has 1 fully saturated rings. The van der Waals surface area contributed by atoms with Gasteiger partial charge in [-0.3, -0.25) is 14.9 Å². The van der Waals surface area contributed by atoms with E-state index in [4.69, 9.17) is 23.2 Å². The molecular weight excluding hydrogens is 439 g/mol. The van der Waals surface area contributed by atoms with Gasteiger partial charge in [-0.25, -0.2) is 0 Å². The van der Waals surface area contributed by atoms with Crippen LogP contribution in [0.5, 0.6) is 0 Å². The zero-order valence-electron chi connectivity index (χ0n) is 16.8. The zero-order chi connectivity index (χ0) is 22.1. The van der Waals surface area contributed by atoms with Crippen LogP contribution >= 0.6 is 23.2 Å². The van der Waals surface area contributed by atoms with E-state index in [1.165, 1.54) is 12.1 Å². The molecule has 1 aliphatic heterocycles. The number of nitro groups is 1. The number of aromatic amines is 1. The molecule has 0 spiro atoms. The van der Waals surface area contributed by atoms with Gasteiger partial charge in [-0.1, -0.05) is 41.4 Å². The van der Waals surface area contributed by atoms with Crippen LogP contribution in [-0.4, -0.2) is 46.9 Å². The van der Waals surface area contributed by atoms with E-state index in [0.717, 1.165) is 16.8 Å². The number of hydrogen-bond donors (Lipinski definition) is 1. The fraction of sp³-hybridized carbons (Fsp3) is 0.227. The Morgan fingerprint density at radius 2 is 1.77 bits per heavy atom. The van der Waals surface area contributed by atoms with E-state index < -0.39 is 4.92 Å². The largest absolute Gasteiger partial charge is 0.367 e. The number of amides is 1. The van der Waals surface area contributed by atoms with Crippen LogP contribution in [-0.2, 0) is 0 Å². The number of hydrogen-bond acceptors (Lipinski definition) is 4. The average Bonchev–Trinajstić information content (AvgIpc) is 3.14. The summed E-state index contributed by atoms with van der Waals surface area (Å²) in [4.78, 5) is 30.9. The molecule has 1 amide bonds. The monoisotopic (exact) mass is 458 g/mol. The van der Waals surface area contributed by atoms with Crippen LogP contribution in [0.15, 0.2) is 48.7 Å². The Hall–Kier alpha value is -3.03. The fourth-order valence-electron chi connectivity index (χ4n) is 3.85. The van der Waals surface area contributed by atoms with Gasteiger partial charge in [0.25, 0.3) is 11.6 Å². The van der Waals surface area contributed by atoms with Crippen molar-refractivity contribution in [3.05, 3.63) is 79.9 Å². The van der Waals surface area contributed by atoms with Crippen molar-refractivity contribution in [3.8, 4) is 11.3 Å². The lowest BCUT2D eigenvalue weighted by atomic mass is 10.0. The maximum absolute atomic E-state index is 13.4. The van der Waals surface area contributed by atoms with Gasteiger partial charge in [0.1, 0.15) is 0 Å². The second-order valence-corrected chi connectivity index (χ2v) is 8.19. The van der Waals surface area contributed by atoms with Gasteiger partial charge in [0.2, 0.25) is 0 Å². The van der Waals surface area contributed by atoms with Crippen molar-refractivity contribution < 1.29 is 9.72 Å². The highest BCUT2D eigenvalue weighted by Crippen LogP contribution is 2.33. The minimum atomic E-state index is -0.470. The smallest absolute Gasteiger partial charge is 0.271 e. The van der Waals surface area contributed by atoms with Crippen LogP contribution in [0.3, 0.4) is 0 Å². The third-order valence-corrected chi connectivity index (χ3v) is 6.12. The Morgan fingerprint density at radius 1 is 1.06 bits per heavy atom. The van der Waals surface area contributed by atoms with Gasteiger partial charge in [0.05, 0.1) is 26.9 Å². The number of nitrogens with zero attached hydrogens (tertiary/aromatic N) is 3. The van der Waals surface area contributed by atoms with Crippen molar-refractivity contribution in [2.45, 2.75) is 6.92 Å². The third-order valence-electron chi connectivity index (χ3n) is 5.48. The second-order valence-electron chi connectivity index (χ2n) is 7.37. The minimum absolute atomic E-state index is 0.0439. The number of H-pyrrole nitrogens is 1. The minimum Gasteiger partial charge on any atom is -0.367 e. The standard InChI is InChI=1S/C22H20Cl2N4O3/c1-14-13-25-21(16-4-2-3-5-17(16)23)20(14)22(29)27-10-8-26(9-11-27)19-7-6-15(28(30)31)12-18(19)24/h2-7,12-13,25H,8-11H2,1H3. The van der Waals surface area contributed by atoms with Gasteiger partial charge >= 0.3 is 0 Å². The summed E-state index contributed by atoms with van der Waals surface area (Å²) in [6.07, 6.45) is 1.82. The van der Waals surface area contributed by atoms with Gasteiger partial charge in [-0.05, 0) is 24.6 Å². The first-order valence-corrected chi connectivity index (χ1v) is 10.5. The van der Waals surface area contributed by atoms with Crippen molar-refractivity contribution in [2.75, 3.05) is 31.1 Å². The van der Waals surface area contributed by atoms with Crippen LogP contribution in [0.2, 0.25) is 10.0 Å². The van der Waals surface area contributed by atoms with Crippen LogP contribution in [0.4, 0.5) is 11.4 Å². The molecule has 4 rings (SSSR count). The Morgan fingerprint density at radius 3 is 2.42 bits per heavy atom. The van der Waals surface area contributed by atoms with Gasteiger partial charge in [-0.15, -0.1) is 0 Å². The highest BCUT2D eigenvalue weighted by molar-refractivity contribution is 6.34. The Balaban J connectivity index is 1.52. The highest BCUT2D eigenvalue weighted by Gasteiger charge is 2.28. The number of anilines is 1. The van der Waals surface area contributed by atoms with E-state index in [9.17, 15) is 14.9 Å². The molecule has 7 nitrogen and oxygen atoms in total. The second kappa shape index (κ2) is 8.61. The lowest BCUT2D eigenvalue weighted by Crippen LogP contribution is -2.49. The van der Waals surface area contributed by atoms with Gasteiger partial charge in [-0.2, -0.15) is 0 Å². The predicted octanol–water partition coefficient (Wildman–Crippen LogP) is 5.17. The number of aromatic nitrogens is 1. The zero-order valence-corrected chi connectivity index (χ0v) is 18.3. The number of halogens is 2. The van der Waals surface area contributed by atoms with E-state index in [0.29, 0.717) is 47.5 Å². The molecule has 160 valence electrons. The summed E-state index contributed by atoms with van der Waals surface area (Å²) in [7, 11) is 0. The lowest BCUT2D eigenvalue weighted by Gasteiger charge is -2.36. The number of non-ortho nitro benzene ring substituents is 1. The molecular formula is C22H20Cl2N4O3. The maximum atomic E-state index is 13.4. The van der Waals surface area contributed by atoms with Crippen molar-refractivity contribution in [3.63, 3.8) is 0 Å². The molecule has 1 N–H and O–H groups in total. The average molecular weight is 459 g/mol. The van der Waals surface area contributed by atoms with E-state index in [1.807, 2.05) is 41.1 Å². The summed E-state index contributed by atoms with van der Waals surface area (Å²) >= 11 is 12.6. The molecule has 2 heterocycles. The Bertz CT molecular complexity index is 1150. The van der Waals surface area contributed by atoms with Crippen molar-refractivity contribution in [1.29, 1.82) is 0 Å². The normalized spacial score (nSPS) is 14.0. The SMILES string of the molecule is Cc1c[nH]c(-c2ccccc2Cl)c1C(=O)N1CCN(c2ccc([N+](=O)[O-])cc2Cl)CC1. The number of nitro benzene ring substituents is 1. The van der Waals surface area contributed by atoms with Gasteiger partial charge in [0.15, 0.2) is 0 Å². The van der Waals surface area contributed by atoms with Crippen molar-refractivity contribution >= 4 is 40.5 Å². The molecule has 1 aromatic heterocycles. The maximum Gasteiger partial charge on any atom is 0.271 e. The molecule has 0 saturated carbocycles. The molecule has 2 aromatic carbocycles. The highest BCUT2D eigenvalue weighted by atomic mass is 35.5. The number of benzene rings is 2. The van der Waals surface area contributed by atoms with E-state index in [-0.39, 0.29) is 11.6 Å². The summed E-state index contributed by atoms with van der Waals surface area (Å²) in [5.74, 6) is -0.0527. The van der Waals surface area contributed by atoms with E-state index in [1.54, 1.807) is 12.1 Å². The first-order chi connectivity index (χ1) is 14.9. The first kappa shape index (κ1) is 21.2. The van der Waals surface area contributed by atoms with Crippen LogP contribution in [0, 0.1) is 17.0 Å². The Kier molecular flexibility index (Phi) is 5.89. The van der Waals surface area contributed by atoms with E-state index >= 15 is 0 Å². The number of piperazine rings is 1. The third kappa shape index (κ3) is 4.11.